The summed E-state index contributed by atoms with van der Waals surface area (Å²) in [7, 11) is 4.38. The molecule has 0 spiro atoms. The Bertz CT molecular complexity index is 149. The van der Waals surface area contributed by atoms with E-state index < -0.39 is 0 Å². The fourth-order valence-corrected chi connectivity index (χ4v) is 2.04. The summed E-state index contributed by atoms with van der Waals surface area (Å²) in [6, 6.07) is 0.864. The lowest BCUT2D eigenvalue weighted by molar-refractivity contribution is 0.193. The van der Waals surface area contributed by atoms with Crippen LogP contribution >= 0.6 is 0 Å². The molecule has 1 fully saturated rings. The van der Waals surface area contributed by atoms with Crippen molar-refractivity contribution in [1.29, 1.82) is 0 Å². The molecular formula is C10H23N3. The van der Waals surface area contributed by atoms with Crippen molar-refractivity contribution < 1.29 is 0 Å². The molecule has 0 radical (unpaired) electrons. The summed E-state index contributed by atoms with van der Waals surface area (Å²) in [5, 5.41) is 0. The molecule has 1 rings (SSSR count). The lowest BCUT2D eigenvalue weighted by Gasteiger charge is -2.31. The lowest BCUT2D eigenvalue weighted by Crippen LogP contribution is -2.49. The van der Waals surface area contributed by atoms with Crippen LogP contribution in [0, 0.1) is 0 Å². The van der Waals surface area contributed by atoms with Crippen molar-refractivity contribution in [2.24, 2.45) is 5.73 Å². The smallest absolute Gasteiger partial charge is 0.0371 e. The first kappa shape index (κ1) is 11.0. The molecule has 0 amide bonds. The fraction of sp³-hybridized carbons (Fsp3) is 1.00. The number of likely N-dealkylation sites (N-methyl/N-ethyl adjacent to an activating group) is 2. The molecule has 78 valence electrons. The van der Waals surface area contributed by atoms with Gasteiger partial charge in [0.2, 0.25) is 0 Å². The second-order valence-corrected chi connectivity index (χ2v) is 4.24. The molecular weight excluding hydrogens is 162 g/mol. The summed E-state index contributed by atoms with van der Waals surface area (Å²) in [6.07, 6.45) is 2.34. The van der Waals surface area contributed by atoms with Gasteiger partial charge in [0, 0.05) is 18.6 Å². The van der Waals surface area contributed by atoms with Crippen molar-refractivity contribution in [2.75, 3.05) is 33.7 Å². The summed E-state index contributed by atoms with van der Waals surface area (Å²) in [5.74, 6) is 0. The van der Waals surface area contributed by atoms with E-state index in [4.69, 9.17) is 5.73 Å². The van der Waals surface area contributed by atoms with Gasteiger partial charge in [-0.3, -0.25) is 0 Å². The van der Waals surface area contributed by atoms with Crippen LogP contribution in [0.5, 0.6) is 0 Å². The highest BCUT2D eigenvalue weighted by molar-refractivity contribution is 4.84. The van der Waals surface area contributed by atoms with Crippen LogP contribution in [0.1, 0.15) is 19.8 Å². The summed E-state index contributed by atoms with van der Waals surface area (Å²) in [5.41, 5.74) is 6.10. The van der Waals surface area contributed by atoms with Gasteiger partial charge in [0.15, 0.2) is 0 Å². The zero-order chi connectivity index (χ0) is 9.84. The molecule has 0 bridgehead atoms. The Morgan fingerprint density at radius 3 is 2.69 bits per heavy atom. The van der Waals surface area contributed by atoms with Crippen LogP contribution in [-0.4, -0.2) is 55.6 Å². The van der Waals surface area contributed by atoms with E-state index in [2.05, 4.69) is 30.8 Å². The van der Waals surface area contributed by atoms with Crippen molar-refractivity contribution in [1.82, 2.24) is 9.80 Å². The fourth-order valence-electron chi connectivity index (χ4n) is 2.04. The first-order valence-corrected chi connectivity index (χ1v) is 5.29. The van der Waals surface area contributed by atoms with Crippen molar-refractivity contribution in [2.45, 2.75) is 31.8 Å². The molecule has 0 aromatic heterocycles. The van der Waals surface area contributed by atoms with Gasteiger partial charge in [-0.15, -0.1) is 0 Å². The Hall–Kier alpha value is -0.120. The van der Waals surface area contributed by atoms with Crippen LogP contribution in [0.3, 0.4) is 0 Å². The Balaban J connectivity index is 2.56. The molecule has 2 atom stereocenters. The Morgan fingerprint density at radius 2 is 2.08 bits per heavy atom. The van der Waals surface area contributed by atoms with E-state index in [1.54, 1.807) is 0 Å². The molecule has 1 heterocycles. The predicted molar refractivity (Wildman–Crippen MR) is 56.8 cm³/mol. The van der Waals surface area contributed by atoms with Crippen LogP contribution in [0.25, 0.3) is 0 Å². The molecule has 3 heteroatoms. The summed E-state index contributed by atoms with van der Waals surface area (Å²) in [4.78, 5) is 4.81. The minimum absolute atomic E-state index is 0.325. The third-order valence-electron chi connectivity index (χ3n) is 3.08. The largest absolute Gasteiger partial charge is 0.326 e. The van der Waals surface area contributed by atoms with Gasteiger partial charge in [0.1, 0.15) is 0 Å². The quantitative estimate of drug-likeness (QED) is 0.674. The minimum Gasteiger partial charge on any atom is -0.326 e. The SMILES string of the molecule is CC[C@H](N)C1CN(C)CCCN1C. The van der Waals surface area contributed by atoms with E-state index in [9.17, 15) is 0 Å². The van der Waals surface area contributed by atoms with Crippen LogP contribution < -0.4 is 5.73 Å². The van der Waals surface area contributed by atoms with Gasteiger partial charge >= 0.3 is 0 Å². The minimum atomic E-state index is 0.325. The van der Waals surface area contributed by atoms with Gasteiger partial charge in [-0.05, 0) is 40.0 Å². The van der Waals surface area contributed by atoms with Crippen molar-refractivity contribution in [3.63, 3.8) is 0 Å². The average molecular weight is 185 g/mol. The molecule has 0 saturated carbocycles. The molecule has 1 saturated heterocycles. The molecule has 13 heavy (non-hydrogen) atoms. The molecule has 1 aliphatic rings. The van der Waals surface area contributed by atoms with E-state index >= 15 is 0 Å². The van der Waals surface area contributed by atoms with E-state index in [0.717, 1.165) is 13.0 Å². The maximum atomic E-state index is 6.10. The zero-order valence-electron chi connectivity index (χ0n) is 9.16. The van der Waals surface area contributed by atoms with Gasteiger partial charge in [0.05, 0.1) is 0 Å². The monoisotopic (exact) mass is 185 g/mol. The van der Waals surface area contributed by atoms with Crippen LogP contribution in [0.2, 0.25) is 0 Å². The maximum absolute atomic E-state index is 6.10. The van der Waals surface area contributed by atoms with Crippen LogP contribution in [-0.2, 0) is 0 Å². The number of rotatable bonds is 2. The van der Waals surface area contributed by atoms with Crippen molar-refractivity contribution in [3.05, 3.63) is 0 Å². The predicted octanol–water partition coefficient (Wildman–Crippen LogP) is 0.360. The van der Waals surface area contributed by atoms with Crippen LogP contribution in [0.4, 0.5) is 0 Å². The van der Waals surface area contributed by atoms with Gasteiger partial charge in [-0.2, -0.15) is 0 Å². The van der Waals surface area contributed by atoms with Crippen molar-refractivity contribution >= 4 is 0 Å². The highest BCUT2D eigenvalue weighted by Gasteiger charge is 2.24. The van der Waals surface area contributed by atoms with Crippen LogP contribution in [0.15, 0.2) is 0 Å². The molecule has 0 aromatic carbocycles. The molecule has 1 aliphatic heterocycles. The van der Waals surface area contributed by atoms with E-state index in [0.29, 0.717) is 12.1 Å². The summed E-state index contributed by atoms with van der Waals surface area (Å²) < 4.78 is 0. The molecule has 1 unspecified atom stereocenters. The van der Waals surface area contributed by atoms with E-state index in [1.165, 1.54) is 19.5 Å². The number of hydrogen-bond acceptors (Lipinski definition) is 3. The molecule has 3 nitrogen and oxygen atoms in total. The third kappa shape index (κ3) is 2.93. The van der Waals surface area contributed by atoms with E-state index in [-0.39, 0.29) is 0 Å². The Kier molecular flexibility index (Phi) is 4.16. The highest BCUT2D eigenvalue weighted by atomic mass is 15.2. The number of hydrogen-bond donors (Lipinski definition) is 1. The normalized spacial score (nSPS) is 30.0. The summed E-state index contributed by atoms with van der Waals surface area (Å²) >= 11 is 0. The van der Waals surface area contributed by atoms with Gasteiger partial charge < -0.3 is 15.5 Å². The third-order valence-corrected chi connectivity index (χ3v) is 3.08. The molecule has 2 N–H and O–H groups in total. The number of nitrogens with zero attached hydrogens (tertiary/aromatic N) is 2. The average Bonchev–Trinajstić information content (AvgIpc) is 2.27. The number of nitrogens with two attached hydrogens (primary N) is 1. The lowest BCUT2D eigenvalue weighted by atomic mass is 10.1. The zero-order valence-corrected chi connectivity index (χ0v) is 9.16. The Morgan fingerprint density at radius 1 is 1.38 bits per heavy atom. The van der Waals surface area contributed by atoms with Gasteiger partial charge in [-0.1, -0.05) is 6.92 Å². The first-order valence-electron chi connectivity index (χ1n) is 5.29. The highest BCUT2D eigenvalue weighted by Crippen LogP contribution is 2.10. The van der Waals surface area contributed by atoms with E-state index in [1.807, 2.05) is 0 Å². The standard InChI is InChI=1S/C10H23N3/c1-4-9(11)10-8-12(2)6-5-7-13(10)3/h9-10H,4-8,11H2,1-3H3/t9-,10?/m0/s1. The van der Waals surface area contributed by atoms with Gasteiger partial charge in [0.25, 0.3) is 0 Å². The molecule has 0 aromatic rings. The second kappa shape index (κ2) is 4.94. The maximum Gasteiger partial charge on any atom is 0.0371 e. The first-order chi connectivity index (χ1) is 6.15. The van der Waals surface area contributed by atoms with Gasteiger partial charge in [-0.25, -0.2) is 0 Å². The van der Waals surface area contributed by atoms with Crippen molar-refractivity contribution in [3.8, 4) is 0 Å². The second-order valence-electron chi connectivity index (χ2n) is 4.24. The Labute approximate surface area is 81.9 Å². The topological polar surface area (TPSA) is 32.5 Å². The molecule has 0 aliphatic carbocycles. The summed E-state index contributed by atoms with van der Waals surface area (Å²) in [6.45, 7) is 5.68.